The van der Waals surface area contributed by atoms with Crippen molar-refractivity contribution in [2.24, 2.45) is 0 Å². The molecule has 4 rings (SSSR count). The molecule has 0 radical (unpaired) electrons. The van der Waals surface area contributed by atoms with Gasteiger partial charge in [-0.3, -0.25) is 0 Å². The summed E-state index contributed by atoms with van der Waals surface area (Å²) in [7, 11) is 0. The lowest BCUT2D eigenvalue weighted by Crippen LogP contribution is -2.23. The maximum absolute atomic E-state index is 10.4. The topological polar surface area (TPSA) is 77.4 Å². The molecule has 6 heteroatoms. The standard InChI is InChI=1S/C37H47N3O3/c1-7-8-9-10-11-12-19-42-23-30(41)24-43-31-15-18-34(29(6)22-31)37-39-35(32-16-13-25(2)20-27(32)4)38-36(40-37)33-17-14-26(3)21-28(33)5/h13-18,20-22,30,41H,7-12,19,23-24H2,1-6H3. The van der Waals surface area contributed by atoms with E-state index in [-0.39, 0.29) is 13.2 Å². The molecule has 0 aliphatic rings. The van der Waals surface area contributed by atoms with E-state index in [1.165, 1.54) is 43.2 Å². The minimum absolute atomic E-state index is 0.175. The van der Waals surface area contributed by atoms with E-state index in [4.69, 9.17) is 24.4 Å². The Morgan fingerprint density at radius 2 is 1.09 bits per heavy atom. The zero-order chi connectivity index (χ0) is 30.8. The van der Waals surface area contributed by atoms with Crippen molar-refractivity contribution in [3.63, 3.8) is 0 Å². The molecule has 6 nitrogen and oxygen atoms in total. The van der Waals surface area contributed by atoms with E-state index < -0.39 is 6.10 Å². The van der Waals surface area contributed by atoms with E-state index in [1.807, 2.05) is 25.1 Å². The molecule has 1 N–H and O–H groups in total. The average Bonchev–Trinajstić information content (AvgIpc) is 2.97. The monoisotopic (exact) mass is 581 g/mol. The fourth-order valence-electron chi connectivity index (χ4n) is 5.29. The van der Waals surface area contributed by atoms with Gasteiger partial charge in [0.05, 0.1) is 6.61 Å². The van der Waals surface area contributed by atoms with Crippen molar-refractivity contribution in [1.29, 1.82) is 0 Å². The van der Waals surface area contributed by atoms with Crippen LogP contribution >= 0.6 is 0 Å². The lowest BCUT2D eigenvalue weighted by molar-refractivity contribution is 0.0109. The molecular formula is C37H47N3O3. The molecular weight excluding hydrogens is 534 g/mol. The predicted octanol–water partition coefficient (Wildman–Crippen LogP) is 8.53. The van der Waals surface area contributed by atoms with Crippen LogP contribution in [0.2, 0.25) is 0 Å². The van der Waals surface area contributed by atoms with Gasteiger partial charge in [-0.1, -0.05) is 86.6 Å². The number of nitrogens with zero attached hydrogens (tertiary/aromatic N) is 3. The number of rotatable bonds is 15. The zero-order valence-corrected chi connectivity index (χ0v) is 26.7. The molecule has 1 heterocycles. The van der Waals surface area contributed by atoms with Crippen LogP contribution in [0.4, 0.5) is 0 Å². The molecule has 43 heavy (non-hydrogen) atoms. The number of aromatic nitrogens is 3. The summed E-state index contributed by atoms with van der Waals surface area (Å²) < 4.78 is 11.6. The van der Waals surface area contributed by atoms with Crippen LogP contribution in [0.5, 0.6) is 5.75 Å². The molecule has 1 aromatic heterocycles. The zero-order valence-electron chi connectivity index (χ0n) is 26.7. The van der Waals surface area contributed by atoms with Crippen molar-refractivity contribution in [3.05, 3.63) is 82.4 Å². The quantitative estimate of drug-likeness (QED) is 0.142. The minimum atomic E-state index is -0.677. The van der Waals surface area contributed by atoms with Crippen molar-refractivity contribution < 1.29 is 14.6 Å². The lowest BCUT2D eigenvalue weighted by atomic mass is 10.0. The maximum Gasteiger partial charge on any atom is 0.164 e. The fraction of sp³-hybridized carbons (Fsp3) is 0.432. The normalized spacial score (nSPS) is 12.0. The van der Waals surface area contributed by atoms with Crippen LogP contribution in [0, 0.1) is 34.6 Å². The molecule has 1 unspecified atom stereocenters. The molecule has 0 aliphatic carbocycles. The second-order valence-corrected chi connectivity index (χ2v) is 11.7. The van der Waals surface area contributed by atoms with Crippen LogP contribution in [-0.4, -0.2) is 46.0 Å². The van der Waals surface area contributed by atoms with Crippen molar-refractivity contribution in [1.82, 2.24) is 15.0 Å². The summed E-state index contributed by atoms with van der Waals surface area (Å²) in [4.78, 5) is 14.8. The van der Waals surface area contributed by atoms with E-state index >= 15 is 0 Å². The summed E-state index contributed by atoms with van der Waals surface area (Å²) in [5.74, 6) is 2.61. The van der Waals surface area contributed by atoms with Crippen molar-refractivity contribution in [2.45, 2.75) is 86.2 Å². The predicted molar refractivity (Wildman–Crippen MR) is 176 cm³/mol. The highest BCUT2D eigenvalue weighted by Crippen LogP contribution is 2.31. The van der Waals surface area contributed by atoms with Crippen LogP contribution in [0.1, 0.15) is 73.3 Å². The molecule has 1 atom stereocenters. The largest absolute Gasteiger partial charge is 0.491 e. The number of ether oxygens (including phenoxy) is 2. The van der Waals surface area contributed by atoms with Gasteiger partial charge in [0.1, 0.15) is 18.5 Å². The second-order valence-electron chi connectivity index (χ2n) is 11.7. The number of hydrogen-bond acceptors (Lipinski definition) is 6. The van der Waals surface area contributed by atoms with Gasteiger partial charge in [-0.2, -0.15) is 0 Å². The van der Waals surface area contributed by atoms with Crippen LogP contribution in [0.3, 0.4) is 0 Å². The summed E-state index contributed by atoms with van der Waals surface area (Å²) in [6.45, 7) is 13.7. The first-order chi connectivity index (χ1) is 20.7. The number of hydrogen-bond donors (Lipinski definition) is 1. The number of benzene rings is 3. The Balaban J connectivity index is 1.49. The van der Waals surface area contributed by atoms with E-state index in [0.717, 1.165) is 39.8 Å². The Kier molecular flexibility index (Phi) is 11.8. The van der Waals surface area contributed by atoms with Gasteiger partial charge in [0.25, 0.3) is 0 Å². The van der Waals surface area contributed by atoms with Gasteiger partial charge in [0.2, 0.25) is 0 Å². The van der Waals surface area contributed by atoms with Gasteiger partial charge in [0, 0.05) is 23.3 Å². The average molecular weight is 582 g/mol. The third-order valence-corrected chi connectivity index (χ3v) is 7.71. The van der Waals surface area contributed by atoms with E-state index in [9.17, 15) is 5.11 Å². The highest BCUT2D eigenvalue weighted by molar-refractivity contribution is 5.71. The van der Waals surface area contributed by atoms with Gasteiger partial charge in [0.15, 0.2) is 17.5 Å². The molecule has 0 fully saturated rings. The van der Waals surface area contributed by atoms with Crippen LogP contribution in [-0.2, 0) is 4.74 Å². The third-order valence-electron chi connectivity index (χ3n) is 7.71. The third kappa shape index (κ3) is 9.19. The van der Waals surface area contributed by atoms with Crippen LogP contribution in [0.15, 0.2) is 54.6 Å². The summed E-state index contributed by atoms with van der Waals surface area (Å²) in [5, 5.41) is 10.4. The first-order valence-electron chi connectivity index (χ1n) is 15.7. The summed E-state index contributed by atoms with van der Waals surface area (Å²) >= 11 is 0. The number of aliphatic hydroxyl groups is 1. The Labute approximate surface area is 257 Å². The number of aryl methyl sites for hydroxylation is 5. The first kappa shape index (κ1) is 32.3. The van der Waals surface area contributed by atoms with E-state index in [1.54, 1.807) is 0 Å². The molecule has 0 aliphatic heterocycles. The molecule has 0 spiro atoms. The smallest absolute Gasteiger partial charge is 0.164 e. The maximum atomic E-state index is 10.4. The van der Waals surface area contributed by atoms with Crippen molar-refractivity contribution in [2.75, 3.05) is 19.8 Å². The highest BCUT2D eigenvalue weighted by atomic mass is 16.5. The molecule has 0 saturated heterocycles. The van der Waals surface area contributed by atoms with E-state index in [2.05, 4.69) is 71.0 Å². The molecule has 3 aromatic carbocycles. The van der Waals surface area contributed by atoms with Crippen molar-refractivity contribution >= 4 is 0 Å². The SMILES string of the molecule is CCCCCCCCOCC(O)COc1ccc(-c2nc(-c3ccc(C)cc3C)nc(-c3ccc(C)cc3C)n2)c(C)c1. The Morgan fingerprint density at radius 3 is 1.60 bits per heavy atom. The van der Waals surface area contributed by atoms with Gasteiger partial charge < -0.3 is 14.6 Å². The number of unbranched alkanes of at least 4 members (excludes halogenated alkanes) is 5. The van der Waals surface area contributed by atoms with Gasteiger partial charge in [-0.15, -0.1) is 0 Å². The van der Waals surface area contributed by atoms with Gasteiger partial charge >= 0.3 is 0 Å². The molecule has 0 saturated carbocycles. The van der Waals surface area contributed by atoms with Crippen LogP contribution < -0.4 is 4.74 Å². The Morgan fingerprint density at radius 1 is 0.605 bits per heavy atom. The Hall–Kier alpha value is -3.61. The fourth-order valence-corrected chi connectivity index (χ4v) is 5.29. The number of aliphatic hydroxyl groups excluding tert-OH is 1. The Bertz CT molecular complexity index is 1430. The van der Waals surface area contributed by atoms with E-state index in [0.29, 0.717) is 29.8 Å². The molecule has 4 aromatic rings. The first-order valence-corrected chi connectivity index (χ1v) is 15.7. The summed E-state index contributed by atoms with van der Waals surface area (Å²) in [6.07, 6.45) is 6.64. The summed E-state index contributed by atoms with van der Waals surface area (Å²) in [6, 6.07) is 18.5. The van der Waals surface area contributed by atoms with Crippen LogP contribution in [0.25, 0.3) is 34.2 Å². The van der Waals surface area contributed by atoms with Gasteiger partial charge in [-0.25, -0.2) is 15.0 Å². The summed E-state index contributed by atoms with van der Waals surface area (Å²) in [5.41, 5.74) is 8.52. The minimum Gasteiger partial charge on any atom is -0.491 e. The molecule has 0 amide bonds. The van der Waals surface area contributed by atoms with Crippen molar-refractivity contribution in [3.8, 4) is 39.9 Å². The van der Waals surface area contributed by atoms with Gasteiger partial charge in [-0.05, 0) is 75.9 Å². The molecule has 0 bridgehead atoms. The lowest BCUT2D eigenvalue weighted by Gasteiger charge is -2.15. The highest BCUT2D eigenvalue weighted by Gasteiger charge is 2.17. The molecule has 228 valence electrons. The second kappa shape index (κ2) is 15.7.